The van der Waals surface area contributed by atoms with Gasteiger partial charge in [-0.3, -0.25) is 4.90 Å². The Hall–Kier alpha value is -0.120. The first-order valence-corrected chi connectivity index (χ1v) is 5.64. The van der Waals surface area contributed by atoms with Gasteiger partial charge in [0, 0.05) is 19.6 Å². The van der Waals surface area contributed by atoms with Gasteiger partial charge in [0.25, 0.3) is 0 Å². The highest BCUT2D eigenvalue weighted by molar-refractivity contribution is 4.97. The van der Waals surface area contributed by atoms with E-state index in [0.29, 0.717) is 19.6 Å². The number of rotatable bonds is 5. The van der Waals surface area contributed by atoms with Crippen LogP contribution in [0.5, 0.6) is 0 Å². The first-order chi connectivity index (χ1) is 6.47. The van der Waals surface area contributed by atoms with Crippen LogP contribution in [0.1, 0.15) is 40.0 Å². The summed E-state index contributed by atoms with van der Waals surface area (Å²) in [5, 5.41) is 19.9. The molecule has 0 aromatic rings. The number of aliphatic hydroxyl groups is 2. The quantitative estimate of drug-likeness (QED) is 0.697. The maximum Gasteiger partial charge on any atom is 0.0897 e. The first-order valence-electron chi connectivity index (χ1n) is 5.64. The highest BCUT2D eigenvalue weighted by Crippen LogP contribution is 2.27. The third-order valence-electron chi connectivity index (χ3n) is 3.53. The van der Waals surface area contributed by atoms with Gasteiger partial charge in [-0.1, -0.05) is 20.8 Å². The summed E-state index contributed by atoms with van der Waals surface area (Å²) in [6, 6.07) is 0. The van der Waals surface area contributed by atoms with Crippen LogP contribution in [0.25, 0.3) is 0 Å². The normalized spacial score (nSPS) is 22.1. The topological polar surface area (TPSA) is 43.7 Å². The van der Waals surface area contributed by atoms with Crippen LogP contribution in [-0.4, -0.2) is 45.9 Å². The lowest BCUT2D eigenvalue weighted by atomic mass is 9.88. The monoisotopic (exact) mass is 201 g/mol. The number of likely N-dealkylation sites (tertiary alicyclic amines) is 1. The Labute approximate surface area is 86.7 Å². The summed E-state index contributed by atoms with van der Waals surface area (Å²) in [5.74, 6) is 0. The van der Waals surface area contributed by atoms with Gasteiger partial charge in [-0.05, 0) is 19.3 Å². The molecule has 0 saturated carbocycles. The second-order valence-corrected chi connectivity index (χ2v) is 4.65. The van der Waals surface area contributed by atoms with E-state index in [0.717, 1.165) is 19.3 Å². The van der Waals surface area contributed by atoms with Gasteiger partial charge in [0.05, 0.1) is 11.2 Å². The van der Waals surface area contributed by atoms with Gasteiger partial charge in [0.15, 0.2) is 0 Å². The van der Waals surface area contributed by atoms with Crippen molar-refractivity contribution in [1.29, 1.82) is 0 Å². The zero-order valence-electron chi connectivity index (χ0n) is 9.58. The van der Waals surface area contributed by atoms with E-state index < -0.39 is 11.2 Å². The maximum atomic E-state index is 10.1. The molecule has 0 amide bonds. The molecule has 1 fully saturated rings. The number of hydrogen-bond donors (Lipinski definition) is 2. The average Bonchev–Trinajstić information content (AvgIpc) is 2.15. The Morgan fingerprint density at radius 1 is 1.21 bits per heavy atom. The second kappa shape index (κ2) is 4.17. The summed E-state index contributed by atoms with van der Waals surface area (Å²) in [5.41, 5.74) is -1.04. The minimum atomic E-state index is -0.560. The first kappa shape index (κ1) is 12.0. The predicted molar refractivity (Wildman–Crippen MR) is 57.2 cm³/mol. The Morgan fingerprint density at radius 2 is 1.71 bits per heavy atom. The van der Waals surface area contributed by atoms with Crippen molar-refractivity contribution in [3.05, 3.63) is 0 Å². The standard InChI is InChI=1S/C11H23NO2/c1-4-10(13,5-2)7-12-8-11(14,6-3)9-12/h13-14H,4-9H2,1-3H3. The van der Waals surface area contributed by atoms with Gasteiger partial charge in [0.1, 0.15) is 0 Å². The fraction of sp³-hybridized carbons (Fsp3) is 1.00. The van der Waals surface area contributed by atoms with E-state index in [9.17, 15) is 10.2 Å². The summed E-state index contributed by atoms with van der Waals surface area (Å²) in [6.45, 7) is 8.15. The lowest BCUT2D eigenvalue weighted by Gasteiger charge is -2.48. The van der Waals surface area contributed by atoms with Crippen LogP contribution in [-0.2, 0) is 0 Å². The molecule has 0 bridgehead atoms. The van der Waals surface area contributed by atoms with Crippen molar-refractivity contribution >= 4 is 0 Å². The van der Waals surface area contributed by atoms with E-state index in [4.69, 9.17) is 0 Å². The maximum absolute atomic E-state index is 10.1. The van der Waals surface area contributed by atoms with Crippen molar-refractivity contribution in [3.63, 3.8) is 0 Å². The van der Waals surface area contributed by atoms with E-state index in [1.54, 1.807) is 0 Å². The van der Waals surface area contributed by atoms with Crippen LogP contribution < -0.4 is 0 Å². The van der Waals surface area contributed by atoms with Gasteiger partial charge in [-0.15, -0.1) is 0 Å². The summed E-state index contributed by atoms with van der Waals surface area (Å²) in [7, 11) is 0. The zero-order valence-corrected chi connectivity index (χ0v) is 9.58. The van der Waals surface area contributed by atoms with Crippen molar-refractivity contribution < 1.29 is 10.2 Å². The van der Waals surface area contributed by atoms with E-state index >= 15 is 0 Å². The molecule has 1 aliphatic heterocycles. The number of β-amino-alcohol motifs (C(OH)–C–C–N with tert-alkyl or cyclic N) is 2. The van der Waals surface area contributed by atoms with Crippen molar-refractivity contribution in [2.45, 2.75) is 51.2 Å². The van der Waals surface area contributed by atoms with Crippen LogP contribution >= 0.6 is 0 Å². The summed E-state index contributed by atoms with van der Waals surface area (Å²) in [4.78, 5) is 2.14. The molecule has 0 radical (unpaired) electrons. The highest BCUT2D eigenvalue weighted by Gasteiger charge is 2.41. The molecule has 0 aliphatic carbocycles. The van der Waals surface area contributed by atoms with Crippen LogP contribution in [0.3, 0.4) is 0 Å². The molecule has 1 rings (SSSR count). The lowest BCUT2D eigenvalue weighted by molar-refractivity contribution is -0.127. The summed E-state index contributed by atoms with van der Waals surface area (Å²) in [6.07, 6.45) is 2.37. The molecule has 0 aromatic heterocycles. The van der Waals surface area contributed by atoms with Gasteiger partial charge >= 0.3 is 0 Å². The van der Waals surface area contributed by atoms with Crippen molar-refractivity contribution in [2.24, 2.45) is 0 Å². The molecule has 1 heterocycles. The largest absolute Gasteiger partial charge is 0.389 e. The Balaban J connectivity index is 2.35. The number of hydrogen-bond acceptors (Lipinski definition) is 3. The third-order valence-corrected chi connectivity index (χ3v) is 3.53. The molecule has 2 N–H and O–H groups in total. The van der Waals surface area contributed by atoms with E-state index in [-0.39, 0.29) is 0 Å². The molecular weight excluding hydrogens is 178 g/mol. The minimum Gasteiger partial charge on any atom is -0.389 e. The molecule has 0 atom stereocenters. The average molecular weight is 201 g/mol. The SMILES string of the molecule is CCC(O)(CC)CN1CC(O)(CC)C1. The van der Waals surface area contributed by atoms with Gasteiger partial charge in [-0.25, -0.2) is 0 Å². The number of nitrogens with zero attached hydrogens (tertiary/aromatic N) is 1. The Kier molecular flexibility index (Phi) is 3.56. The van der Waals surface area contributed by atoms with Gasteiger partial charge in [0.2, 0.25) is 0 Å². The lowest BCUT2D eigenvalue weighted by Crippen LogP contribution is -2.64. The minimum absolute atomic E-state index is 0.484. The molecule has 3 heteroatoms. The molecule has 0 spiro atoms. The summed E-state index contributed by atoms with van der Waals surface area (Å²) < 4.78 is 0. The predicted octanol–water partition coefficient (Wildman–Crippen LogP) is 0.994. The Bertz CT molecular complexity index is 184. The van der Waals surface area contributed by atoms with Gasteiger partial charge in [-0.2, -0.15) is 0 Å². The van der Waals surface area contributed by atoms with Gasteiger partial charge < -0.3 is 10.2 Å². The van der Waals surface area contributed by atoms with Crippen LogP contribution in [0, 0.1) is 0 Å². The Morgan fingerprint density at radius 3 is 2.07 bits per heavy atom. The van der Waals surface area contributed by atoms with E-state index in [1.807, 2.05) is 20.8 Å². The second-order valence-electron chi connectivity index (χ2n) is 4.65. The van der Waals surface area contributed by atoms with Crippen molar-refractivity contribution in [1.82, 2.24) is 4.90 Å². The highest BCUT2D eigenvalue weighted by atomic mass is 16.3. The molecule has 0 unspecified atom stereocenters. The molecule has 1 saturated heterocycles. The fourth-order valence-electron chi connectivity index (χ4n) is 2.01. The smallest absolute Gasteiger partial charge is 0.0897 e. The molecule has 14 heavy (non-hydrogen) atoms. The van der Waals surface area contributed by atoms with Crippen LogP contribution in [0.4, 0.5) is 0 Å². The molecule has 0 aromatic carbocycles. The van der Waals surface area contributed by atoms with E-state index in [2.05, 4.69) is 4.90 Å². The van der Waals surface area contributed by atoms with Crippen LogP contribution in [0.15, 0.2) is 0 Å². The summed E-state index contributed by atoms with van der Waals surface area (Å²) >= 11 is 0. The zero-order chi connectivity index (χ0) is 10.8. The molecular formula is C11H23NO2. The molecule has 84 valence electrons. The van der Waals surface area contributed by atoms with Crippen molar-refractivity contribution in [2.75, 3.05) is 19.6 Å². The van der Waals surface area contributed by atoms with E-state index in [1.165, 1.54) is 0 Å². The van der Waals surface area contributed by atoms with Crippen molar-refractivity contribution in [3.8, 4) is 0 Å². The molecule has 3 nitrogen and oxygen atoms in total. The molecule has 1 aliphatic rings. The van der Waals surface area contributed by atoms with Crippen LogP contribution in [0.2, 0.25) is 0 Å². The third kappa shape index (κ3) is 2.47. The fourth-order valence-corrected chi connectivity index (χ4v) is 2.01.